The second kappa shape index (κ2) is 5.50. The molecule has 0 spiro atoms. The summed E-state index contributed by atoms with van der Waals surface area (Å²) in [6.45, 7) is 7.34. The van der Waals surface area contributed by atoms with Crippen LogP contribution in [-0.4, -0.2) is 17.8 Å². The van der Waals surface area contributed by atoms with Gasteiger partial charge in [-0.3, -0.25) is 10.1 Å². The van der Waals surface area contributed by atoms with E-state index in [0.29, 0.717) is 12.8 Å². The normalized spacial score (nSPS) is 24.4. The first-order valence-electron chi connectivity index (χ1n) is 5.78. The zero-order valence-corrected chi connectivity index (χ0v) is 10.6. The van der Waals surface area contributed by atoms with E-state index in [9.17, 15) is 9.59 Å². The van der Waals surface area contributed by atoms with E-state index in [4.69, 9.17) is 5.73 Å². The molecule has 3 amide bonds. The average Bonchev–Trinajstić information content (AvgIpc) is 2.30. The predicted molar refractivity (Wildman–Crippen MR) is 69.6 cm³/mol. The lowest BCUT2D eigenvalue weighted by Gasteiger charge is -2.35. The van der Waals surface area contributed by atoms with Gasteiger partial charge in [-0.15, -0.1) is 12.5 Å². The van der Waals surface area contributed by atoms with Crippen molar-refractivity contribution in [2.75, 3.05) is 0 Å². The van der Waals surface area contributed by atoms with Crippen molar-refractivity contribution in [2.45, 2.75) is 26.7 Å². The molecule has 1 aliphatic rings. The van der Waals surface area contributed by atoms with Gasteiger partial charge < -0.3 is 5.73 Å². The van der Waals surface area contributed by atoms with Gasteiger partial charge in [0.2, 0.25) is 5.91 Å². The van der Waals surface area contributed by atoms with Crippen molar-refractivity contribution in [1.29, 1.82) is 0 Å². The zero-order valence-electron chi connectivity index (χ0n) is 10.6. The molecule has 0 saturated heterocycles. The molecule has 0 aromatic carbocycles. The van der Waals surface area contributed by atoms with Crippen LogP contribution in [0.5, 0.6) is 0 Å². The molecular formula is C13H17N3O2. The van der Waals surface area contributed by atoms with E-state index in [1.165, 1.54) is 0 Å². The number of nitrogens with one attached hydrogen (secondary N) is 1. The summed E-state index contributed by atoms with van der Waals surface area (Å²) in [5, 5.41) is 2.18. The fourth-order valence-electron chi connectivity index (χ4n) is 1.96. The van der Waals surface area contributed by atoms with Crippen LogP contribution in [0.15, 0.2) is 17.6 Å². The molecule has 2 atom stereocenters. The molecule has 0 radical (unpaired) electrons. The minimum Gasteiger partial charge on any atom is -0.386 e. The molecule has 0 aromatic rings. The molecule has 96 valence electrons. The van der Waals surface area contributed by atoms with E-state index >= 15 is 0 Å². The first-order valence-corrected chi connectivity index (χ1v) is 5.78. The Balaban J connectivity index is 3.29. The Labute approximate surface area is 107 Å². The minimum absolute atomic E-state index is 0.00838. The number of carbonyl (C=O) groups excluding carboxylic acids is 2. The number of rotatable bonds is 3. The van der Waals surface area contributed by atoms with Crippen LogP contribution in [0.4, 0.5) is 4.79 Å². The number of allylic oxidation sites excluding steroid dienone is 1. The number of urea groups is 1. The summed E-state index contributed by atoms with van der Waals surface area (Å²) in [5.41, 5.74) is 4.71. The maximum atomic E-state index is 12.1. The lowest BCUT2D eigenvalue weighted by molar-refractivity contribution is -0.127. The highest BCUT2D eigenvalue weighted by atomic mass is 16.2. The number of amides is 3. The average molecular weight is 247 g/mol. The summed E-state index contributed by atoms with van der Waals surface area (Å²) in [5.74, 6) is 5.10. The van der Waals surface area contributed by atoms with E-state index in [1.807, 2.05) is 6.92 Å². The Morgan fingerprint density at radius 1 is 1.61 bits per heavy atom. The Morgan fingerprint density at radius 2 is 2.28 bits per heavy atom. The Kier molecular flexibility index (Phi) is 4.27. The van der Waals surface area contributed by atoms with Gasteiger partial charge in [-0.1, -0.05) is 18.9 Å². The highest BCUT2D eigenvalue weighted by molar-refractivity contribution is 6.18. The minimum atomic E-state index is -1.10. The number of nitrogens with two attached hydrogens (primary N) is 1. The SMILES string of the molecule is C=CCC1(C(C)C#CCC)C(=O)NC(=O)N=C1N. The lowest BCUT2D eigenvalue weighted by atomic mass is 9.71. The van der Waals surface area contributed by atoms with Gasteiger partial charge in [-0.25, -0.2) is 4.79 Å². The maximum absolute atomic E-state index is 12.1. The van der Waals surface area contributed by atoms with Crippen LogP contribution in [0.2, 0.25) is 0 Å². The molecule has 5 nitrogen and oxygen atoms in total. The fourth-order valence-corrected chi connectivity index (χ4v) is 1.96. The molecule has 18 heavy (non-hydrogen) atoms. The van der Waals surface area contributed by atoms with Gasteiger partial charge in [0.15, 0.2) is 0 Å². The molecule has 1 rings (SSSR count). The van der Waals surface area contributed by atoms with Gasteiger partial charge in [0.1, 0.15) is 11.3 Å². The van der Waals surface area contributed by atoms with Crippen molar-refractivity contribution in [3.8, 4) is 11.8 Å². The standard InChI is InChI=1S/C13H17N3O2/c1-4-6-7-9(3)13(8-5-2)10(14)15-12(18)16-11(13)17/h5,9H,2,4,8H2,1,3H3,(H3,14,15,16,17,18). The second-order valence-corrected chi connectivity index (χ2v) is 4.12. The Morgan fingerprint density at radius 3 is 2.78 bits per heavy atom. The molecule has 0 aromatic heterocycles. The molecule has 5 heteroatoms. The largest absolute Gasteiger partial charge is 0.386 e. The smallest absolute Gasteiger partial charge is 0.349 e. The van der Waals surface area contributed by atoms with E-state index in [-0.39, 0.29) is 11.8 Å². The third-order valence-electron chi connectivity index (χ3n) is 3.01. The van der Waals surface area contributed by atoms with Crippen LogP contribution in [0.1, 0.15) is 26.7 Å². The molecule has 1 heterocycles. The van der Waals surface area contributed by atoms with Gasteiger partial charge in [-0.2, -0.15) is 4.99 Å². The number of hydrogen-bond donors (Lipinski definition) is 2. The van der Waals surface area contributed by atoms with E-state index in [2.05, 4.69) is 28.7 Å². The number of carbonyl (C=O) groups is 2. The first-order chi connectivity index (χ1) is 8.48. The molecule has 0 fully saturated rings. The third kappa shape index (κ3) is 2.28. The van der Waals surface area contributed by atoms with Crippen molar-refractivity contribution in [3.63, 3.8) is 0 Å². The number of hydrogen-bond acceptors (Lipinski definition) is 3. The lowest BCUT2D eigenvalue weighted by Crippen LogP contribution is -2.57. The van der Waals surface area contributed by atoms with E-state index < -0.39 is 17.4 Å². The van der Waals surface area contributed by atoms with Crippen molar-refractivity contribution < 1.29 is 9.59 Å². The van der Waals surface area contributed by atoms with Crippen molar-refractivity contribution >= 4 is 17.8 Å². The summed E-state index contributed by atoms with van der Waals surface area (Å²) in [6, 6.07) is -0.729. The van der Waals surface area contributed by atoms with Crippen LogP contribution in [0.25, 0.3) is 0 Å². The van der Waals surface area contributed by atoms with Gasteiger partial charge in [0.05, 0.1) is 0 Å². The highest BCUT2D eigenvalue weighted by Gasteiger charge is 2.49. The molecule has 3 N–H and O–H groups in total. The Bertz CT molecular complexity index is 470. The van der Waals surface area contributed by atoms with Crippen molar-refractivity contribution in [2.24, 2.45) is 22.1 Å². The van der Waals surface area contributed by atoms with Gasteiger partial charge >= 0.3 is 6.03 Å². The number of imide groups is 1. The number of nitrogens with zero attached hydrogens (tertiary/aromatic N) is 1. The highest BCUT2D eigenvalue weighted by Crippen LogP contribution is 2.34. The van der Waals surface area contributed by atoms with E-state index in [0.717, 1.165) is 0 Å². The third-order valence-corrected chi connectivity index (χ3v) is 3.01. The summed E-state index contributed by atoms with van der Waals surface area (Å²) < 4.78 is 0. The monoisotopic (exact) mass is 247 g/mol. The maximum Gasteiger partial charge on any atom is 0.349 e. The molecular weight excluding hydrogens is 230 g/mol. The quantitative estimate of drug-likeness (QED) is 0.580. The first kappa shape index (κ1) is 14.0. The Hall–Kier alpha value is -2.09. The van der Waals surface area contributed by atoms with Gasteiger partial charge in [-0.05, 0) is 13.3 Å². The molecule has 1 aliphatic heterocycles. The summed E-state index contributed by atoms with van der Waals surface area (Å²) in [7, 11) is 0. The second-order valence-electron chi connectivity index (χ2n) is 4.12. The van der Waals surface area contributed by atoms with Crippen LogP contribution in [-0.2, 0) is 4.79 Å². The summed E-state index contributed by atoms with van der Waals surface area (Å²) in [4.78, 5) is 26.9. The number of amidine groups is 1. The molecule has 0 aliphatic carbocycles. The van der Waals surface area contributed by atoms with Crippen LogP contribution in [0, 0.1) is 23.2 Å². The zero-order chi connectivity index (χ0) is 13.8. The van der Waals surface area contributed by atoms with Crippen molar-refractivity contribution in [1.82, 2.24) is 5.32 Å². The fraction of sp³-hybridized carbons (Fsp3) is 0.462. The van der Waals surface area contributed by atoms with Crippen LogP contribution in [0.3, 0.4) is 0 Å². The predicted octanol–water partition coefficient (Wildman–Crippen LogP) is 1.21. The summed E-state index contributed by atoms with van der Waals surface area (Å²) >= 11 is 0. The van der Waals surface area contributed by atoms with Gasteiger partial charge in [0.25, 0.3) is 0 Å². The van der Waals surface area contributed by atoms with Gasteiger partial charge in [0, 0.05) is 12.3 Å². The van der Waals surface area contributed by atoms with Crippen molar-refractivity contribution in [3.05, 3.63) is 12.7 Å². The van der Waals surface area contributed by atoms with Crippen LogP contribution < -0.4 is 11.1 Å². The molecule has 0 saturated carbocycles. The topological polar surface area (TPSA) is 84.5 Å². The summed E-state index contributed by atoms with van der Waals surface area (Å²) in [6.07, 6.45) is 2.56. The number of aliphatic imine (C=N–C) groups is 1. The molecule has 2 unspecified atom stereocenters. The van der Waals surface area contributed by atoms with E-state index in [1.54, 1.807) is 13.0 Å². The molecule has 0 bridgehead atoms. The van der Waals surface area contributed by atoms with Crippen LogP contribution >= 0.6 is 0 Å².